The van der Waals surface area contributed by atoms with Crippen LogP contribution in [0.5, 0.6) is 5.75 Å². The Morgan fingerprint density at radius 1 is 1.38 bits per heavy atom. The lowest BCUT2D eigenvalue weighted by Gasteiger charge is -2.15. The normalized spacial score (nSPS) is 11.8. The first-order chi connectivity index (χ1) is 10.0. The smallest absolute Gasteiger partial charge is 0.251 e. The Labute approximate surface area is 136 Å². The summed E-state index contributed by atoms with van der Waals surface area (Å²) in [5.74, 6) is 0.553. The third-order valence-electron chi connectivity index (χ3n) is 3.01. The summed E-state index contributed by atoms with van der Waals surface area (Å²) in [6.07, 6.45) is 1.51. The van der Waals surface area contributed by atoms with Crippen molar-refractivity contribution in [3.05, 3.63) is 57.3 Å². The van der Waals surface area contributed by atoms with Gasteiger partial charge in [0.15, 0.2) is 0 Å². The molecule has 0 saturated carbocycles. The molecular weight excluding hydrogens is 356 g/mol. The van der Waals surface area contributed by atoms with Crippen LogP contribution in [0.15, 0.2) is 41.0 Å². The quantitative estimate of drug-likeness (QED) is 0.829. The van der Waals surface area contributed by atoms with Crippen LogP contribution in [-0.4, -0.2) is 18.0 Å². The van der Waals surface area contributed by atoms with Crippen molar-refractivity contribution in [3.8, 4) is 5.75 Å². The molecule has 0 saturated heterocycles. The molecule has 1 aromatic carbocycles. The predicted molar refractivity (Wildman–Crippen MR) is 85.8 cm³/mol. The Bertz CT molecular complexity index is 664. The van der Waals surface area contributed by atoms with Crippen LogP contribution in [-0.2, 0) is 0 Å². The molecule has 4 nitrogen and oxygen atoms in total. The fourth-order valence-electron chi connectivity index (χ4n) is 1.86. The average Bonchev–Trinajstić information content (AvgIpc) is 2.47. The lowest BCUT2D eigenvalue weighted by atomic mass is 10.1. The van der Waals surface area contributed by atoms with Crippen LogP contribution >= 0.6 is 27.5 Å². The summed E-state index contributed by atoms with van der Waals surface area (Å²) in [4.78, 5) is 16.0. The fraction of sp³-hybridized carbons (Fsp3) is 0.200. The van der Waals surface area contributed by atoms with E-state index in [2.05, 4.69) is 26.2 Å². The van der Waals surface area contributed by atoms with Crippen LogP contribution in [0.4, 0.5) is 0 Å². The lowest BCUT2D eigenvalue weighted by molar-refractivity contribution is 0.0940. The van der Waals surface area contributed by atoms with E-state index in [9.17, 15) is 4.79 Å². The summed E-state index contributed by atoms with van der Waals surface area (Å²) in [6, 6.07) is 8.69. The molecule has 1 unspecified atom stereocenters. The van der Waals surface area contributed by atoms with Gasteiger partial charge in [-0.1, -0.05) is 17.7 Å². The molecule has 1 N–H and O–H groups in total. The van der Waals surface area contributed by atoms with E-state index in [1.807, 2.05) is 25.1 Å². The highest BCUT2D eigenvalue weighted by Gasteiger charge is 2.13. The van der Waals surface area contributed by atoms with Gasteiger partial charge in [0.1, 0.15) is 10.9 Å². The van der Waals surface area contributed by atoms with Crippen LogP contribution in [0.3, 0.4) is 0 Å². The van der Waals surface area contributed by atoms with Crippen molar-refractivity contribution in [1.29, 1.82) is 0 Å². The third-order valence-corrected chi connectivity index (χ3v) is 3.84. The largest absolute Gasteiger partial charge is 0.496 e. The van der Waals surface area contributed by atoms with Crippen LogP contribution in [0.2, 0.25) is 5.15 Å². The SMILES string of the molecule is COc1ccc(C(C)NC(=O)c2ccnc(Cl)c2)cc1Br. The molecule has 6 heteroatoms. The summed E-state index contributed by atoms with van der Waals surface area (Å²) in [5, 5.41) is 3.21. The van der Waals surface area contributed by atoms with Gasteiger partial charge >= 0.3 is 0 Å². The molecule has 21 heavy (non-hydrogen) atoms. The van der Waals surface area contributed by atoms with Gasteiger partial charge in [0.05, 0.1) is 17.6 Å². The van der Waals surface area contributed by atoms with E-state index in [1.165, 1.54) is 12.3 Å². The molecule has 0 spiro atoms. The molecule has 2 aromatic rings. The molecule has 0 bridgehead atoms. The number of carbonyl (C=O) groups is 1. The number of carbonyl (C=O) groups excluding carboxylic acids is 1. The molecular formula is C15H14BrClN2O2. The van der Waals surface area contributed by atoms with E-state index in [1.54, 1.807) is 13.2 Å². The van der Waals surface area contributed by atoms with Gasteiger partial charge in [0.2, 0.25) is 0 Å². The maximum absolute atomic E-state index is 12.2. The van der Waals surface area contributed by atoms with E-state index in [4.69, 9.17) is 16.3 Å². The number of amides is 1. The fourth-order valence-corrected chi connectivity index (χ4v) is 2.59. The predicted octanol–water partition coefficient (Wildman–Crippen LogP) is 4.00. The minimum atomic E-state index is -0.196. The molecule has 1 aromatic heterocycles. The second kappa shape index (κ2) is 6.91. The molecule has 1 atom stereocenters. The highest BCUT2D eigenvalue weighted by molar-refractivity contribution is 9.10. The lowest BCUT2D eigenvalue weighted by Crippen LogP contribution is -2.26. The molecule has 0 radical (unpaired) electrons. The first-order valence-electron chi connectivity index (χ1n) is 6.27. The number of benzene rings is 1. The molecule has 0 aliphatic heterocycles. The summed E-state index contributed by atoms with van der Waals surface area (Å²) in [5.41, 5.74) is 1.45. The van der Waals surface area contributed by atoms with E-state index >= 15 is 0 Å². The summed E-state index contributed by atoms with van der Waals surface area (Å²) >= 11 is 9.22. The number of aromatic nitrogens is 1. The second-order valence-electron chi connectivity index (χ2n) is 4.46. The number of pyridine rings is 1. The Hall–Kier alpha value is -1.59. The number of halogens is 2. The second-order valence-corrected chi connectivity index (χ2v) is 5.70. The maximum Gasteiger partial charge on any atom is 0.251 e. The molecule has 2 rings (SSSR count). The minimum absolute atomic E-state index is 0.147. The highest BCUT2D eigenvalue weighted by atomic mass is 79.9. The first kappa shape index (κ1) is 15.8. The van der Waals surface area contributed by atoms with Gasteiger partial charge in [-0.2, -0.15) is 0 Å². The Balaban J connectivity index is 2.12. The standard InChI is InChI=1S/C15H14BrClN2O2/c1-9(10-3-4-13(21-2)12(16)7-10)19-15(20)11-5-6-18-14(17)8-11/h3-9H,1-2H3,(H,19,20). The molecule has 1 heterocycles. The van der Waals surface area contributed by atoms with Crippen molar-refractivity contribution in [2.24, 2.45) is 0 Å². The topological polar surface area (TPSA) is 51.2 Å². The highest BCUT2D eigenvalue weighted by Crippen LogP contribution is 2.28. The van der Waals surface area contributed by atoms with Crippen molar-refractivity contribution >= 4 is 33.4 Å². The zero-order valence-electron chi connectivity index (χ0n) is 11.6. The minimum Gasteiger partial charge on any atom is -0.496 e. The monoisotopic (exact) mass is 368 g/mol. The number of methoxy groups -OCH3 is 1. The van der Waals surface area contributed by atoms with Crippen LogP contribution in [0.1, 0.15) is 28.9 Å². The number of hydrogen-bond donors (Lipinski definition) is 1. The van der Waals surface area contributed by atoms with Crippen molar-refractivity contribution in [2.45, 2.75) is 13.0 Å². The zero-order valence-corrected chi connectivity index (χ0v) is 13.9. The van der Waals surface area contributed by atoms with Gasteiger partial charge in [0, 0.05) is 11.8 Å². The van der Waals surface area contributed by atoms with Gasteiger partial charge in [-0.15, -0.1) is 0 Å². The van der Waals surface area contributed by atoms with Crippen LogP contribution < -0.4 is 10.1 Å². The van der Waals surface area contributed by atoms with Crippen molar-refractivity contribution in [3.63, 3.8) is 0 Å². The van der Waals surface area contributed by atoms with E-state index in [-0.39, 0.29) is 11.9 Å². The Kier molecular flexibility index (Phi) is 5.20. The summed E-state index contributed by atoms with van der Waals surface area (Å²) < 4.78 is 6.03. The van der Waals surface area contributed by atoms with Gasteiger partial charge in [-0.25, -0.2) is 4.98 Å². The molecule has 110 valence electrons. The van der Waals surface area contributed by atoms with Crippen LogP contribution in [0.25, 0.3) is 0 Å². The maximum atomic E-state index is 12.2. The van der Waals surface area contributed by atoms with Gasteiger partial charge in [-0.3, -0.25) is 4.79 Å². The molecule has 0 aliphatic rings. The van der Waals surface area contributed by atoms with Gasteiger partial charge in [0.25, 0.3) is 5.91 Å². The number of rotatable bonds is 4. The van der Waals surface area contributed by atoms with E-state index in [0.29, 0.717) is 10.7 Å². The summed E-state index contributed by atoms with van der Waals surface area (Å²) in [6.45, 7) is 1.91. The molecule has 1 amide bonds. The van der Waals surface area contributed by atoms with Gasteiger partial charge < -0.3 is 10.1 Å². The third kappa shape index (κ3) is 3.95. The Morgan fingerprint density at radius 2 is 2.14 bits per heavy atom. The first-order valence-corrected chi connectivity index (χ1v) is 7.44. The zero-order chi connectivity index (χ0) is 15.4. The van der Waals surface area contributed by atoms with Crippen molar-refractivity contribution in [2.75, 3.05) is 7.11 Å². The van der Waals surface area contributed by atoms with Gasteiger partial charge in [-0.05, 0) is 52.7 Å². The number of nitrogens with zero attached hydrogens (tertiary/aromatic N) is 1. The van der Waals surface area contributed by atoms with Crippen LogP contribution in [0, 0.1) is 0 Å². The van der Waals surface area contributed by atoms with Crippen molar-refractivity contribution in [1.82, 2.24) is 10.3 Å². The molecule has 0 aliphatic carbocycles. The summed E-state index contributed by atoms with van der Waals surface area (Å²) in [7, 11) is 1.61. The number of ether oxygens (including phenoxy) is 1. The van der Waals surface area contributed by atoms with E-state index < -0.39 is 0 Å². The Morgan fingerprint density at radius 3 is 2.76 bits per heavy atom. The van der Waals surface area contributed by atoms with E-state index in [0.717, 1.165) is 15.8 Å². The average molecular weight is 370 g/mol. The number of nitrogens with one attached hydrogen (secondary N) is 1. The number of hydrogen-bond acceptors (Lipinski definition) is 3. The molecule has 0 fully saturated rings. The van der Waals surface area contributed by atoms with Crippen molar-refractivity contribution < 1.29 is 9.53 Å².